The Kier molecular flexibility index (Phi) is 10.3. The van der Waals surface area contributed by atoms with E-state index in [1.165, 1.54) is 23.0 Å². The van der Waals surface area contributed by atoms with Crippen molar-refractivity contribution >= 4 is 45.7 Å². The lowest BCUT2D eigenvalue weighted by molar-refractivity contribution is 0.0522. The molecule has 0 N–H and O–H groups in total. The molecule has 0 aromatic heterocycles. The molecule has 0 spiro atoms. The Morgan fingerprint density at radius 1 is 0.765 bits per heavy atom. The van der Waals surface area contributed by atoms with Crippen molar-refractivity contribution in [2.45, 2.75) is 12.3 Å². The molecule has 0 atom stereocenters. The maximum atomic E-state index is 11.5. The van der Waals surface area contributed by atoms with Gasteiger partial charge in [0.2, 0.25) is 0 Å². The predicted octanol–water partition coefficient (Wildman–Crippen LogP) is 6.21. The molecule has 0 amide bonds. The molecule has 174 valence electrons. The van der Waals surface area contributed by atoms with Crippen molar-refractivity contribution in [3.8, 4) is 5.75 Å². The van der Waals surface area contributed by atoms with Crippen LogP contribution in [0.2, 0.25) is 0 Å². The first-order valence-corrected chi connectivity index (χ1v) is 13.5. The van der Waals surface area contributed by atoms with Gasteiger partial charge >= 0.3 is 5.97 Å². The largest absolute Gasteiger partial charge is 0.496 e. The first-order valence-electron chi connectivity index (χ1n) is 11.0. The van der Waals surface area contributed by atoms with Crippen molar-refractivity contribution in [1.29, 1.82) is 0 Å². The van der Waals surface area contributed by atoms with Gasteiger partial charge in [-0.3, -0.25) is 0 Å². The van der Waals surface area contributed by atoms with E-state index in [1.807, 2.05) is 12.1 Å². The van der Waals surface area contributed by atoms with Gasteiger partial charge in [-0.05, 0) is 48.5 Å². The molecule has 0 aliphatic heterocycles. The molecule has 34 heavy (non-hydrogen) atoms. The normalized spacial score (nSPS) is 10.2. The number of ether oxygens (including phenoxy) is 2. The van der Waals surface area contributed by atoms with Crippen molar-refractivity contribution < 1.29 is 14.3 Å². The van der Waals surface area contributed by atoms with Gasteiger partial charge < -0.3 is 9.47 Å². The van der Waals surface area contributed by atoms with Gasteiger partial charge in [-0.25, -0.2) is 4.79 Å². The van der Waals surface area contributed by atoms with E-state index in [0.717, 1.165) is 10.9 Å². The number of methoxy groups -OCH3 is 1. The fourth-order valence-electron chi connectivity index (χ4n) is 3.37. The van der Waals surface area contributed by atoms with E-state index in [-0.39, 0.29) is 5.97 Å². The molecule has 0 fully saturated rings. The summed E-state index contributed by atoms with van der Waals surface area (Å²) in [7, 11) is 1.09. The maximum Gasteiger partial charge on any atom is 0.341 e. The number of carbonyl (C=O) groups excluding carboxylic acids is 1. The highest BCUT2D eigenvalue weighted by molar-refractivity contribution is 9.08. The van der Waals surface area contributed by atoms with Gasteiger partial charge in [0.1, 0.15) is 11.3 Å². The molecule has 0 saturated carbocycles. The third kappa shape index (κ3) is 7.03. The first kappa shape index (κ1) is 25.7. The second kappa shape index (κ2) is 13.7. The van der Waals surface area contributed by atoms with Crippen molar-refractivity contribution in [3.05, 3.63) is 120 Å². The van der Waals surface area contributed by atoms with Crippen LogP contribution in [0.15, 0.2) is 109 Å². The molecule has 0 aliphatic rings. The van der Waals surface area contributed by atoms with Crippen LogP contribution in [0, 0.1) is 0 Å². The topological polar surface area (TPSA) is 35.5 Å². The summed E-state index contributed by atoms with van der Waals surface area (Å²) in [6.45, 7) is 2.14. The SMILES string of the molecule is CCOC(=O)c1ccc(CBr)cc1OC.c1ccc(P(c2ccccc2)c2ccccc2)cc1. The van der Waals surface area contributed by atoms with E-state index in [2.05, 4.69) is 107 Å². The average molecular weight is 535 g/mol. The smallest absolute Gasteiger partial charge is 0.341 e. The molecule has 0 unspecified atom stereocenters. The second-order valence-corrected chi connectivity index (χ2v) is 10.0. The minimum absolute atomic E-state index is 0.351. The number of carbonyl (C=O) groups is 1. The molecule has 4 aromatic carbocycles. The molecule has 3 nitrogen and oxygen atoms in total. The third-order valence-corrected chi connectivity index (χ3v) is 8.05. The number of halogens is 1. The molecule has 5 heteroatoms. The Hall–Kier alpha value is -2.94. The Morgan fingerprint density at radius 3 is 1.62 bits per heavy atom. The zero-order chi connectivity index (χ0) is 24.2. The number of esters is 1. The summed E-state index contributed by atoms with van der Waals surface area (Å²) in [5.41, 5.74) is 1.52. The highest BCUT2D eigenvalue weighted by Gasteiger charge is 2.15. The van der Waals surface area contributed by atoms with E-state index in [1.54, 1.807) is 13.0 Å². The van der Waals surface area contributed by atoms with Crippen LogP contribution in [-0.4, -0.2) is 19.7 Å². The van der Waals surface area contributed by atoms with E-state index in [9.17, 15) is 4.79 Å². The number of benzene rings is 4. The Labute approximate surface area is 211 Å². The third-order valence-electron chi connectivity index (χ3n) is 4.96. The average Bonchev–Trinajstić information content (AvgIpc) is 2.91. The molecular formula is C29H28BrO3P. The number of rotatable bonds is 7. The molecular weight excluding hydrogens is 507 g/mol. The quantitative estimate of drug-likeness (QED) is 0.160. The first-order chi connectivity index (χ1) is 16.7. The Bertz CT molecular complexity index is 1060. The molecule has 4 rings (SSSR count). The van der Waals surface area contributed by atoms with Gasteiger partial charge in [0.15, 0.2) is 0 Å². The standard InChI is InChI=1S/C18H15P.C11H13BrO3/c1-4-10-16(11-5-1)19(17-12-6-2-7-13-17)18-14-8-3-9-15-18;1-3-15-11(13)9-5-4-8(7-12)6-10(9)14-2/h1-15H;4-6H,3,7H2,1-2H3. The maximum absolute atomic E-state index is 11.5. The summed E-state index contributed by atoms with van der Waals surface area (Å²) in [4.78, 5) is 11.5. The van der Waals surface area contributed by atoms with Gasteiger partial charge in [0.25, 0.3) is 0 Å². The monoisotopic (exact) mass is 534 g/mol. The molecule has 0 aliphatic carbocycles. The number of hydrogen-bond acceptors (Lipinski definition) is 3. The van der Waals surface area contributed by atoms with Crippen molar-refractivity contribution in [2.24, 2.45) is 0 Å². The van der Waals surface area contributed by atoms with Gasteiger partial charge in [-0.2, -0.15) is 0 Å². The van der Waals surface area contributed by atoms with Gasteiger partial charge in [0, 0.05) is 5.33 Å². The minimum Gasteiger partial charge on any atom is -0.496 e. The fraction of sp³-hybridized carbons (Fsp3) is 0.138. The highest BCUT2D eigenvalue weighted by Crippen LogP contribution is 2.32. The molecule has 4 aromatic rings. The van der Waals surface area contributed by atoms with Gasteiger partial charge in [0.05, 0.1) is 13.7 Å². The van der Waals surface area contributed by atoms with Crippen LogP contribution in [0.4, 0.5) is 0 Å². The van der Waals surface area contributed by atoms with Crippen LogP contribution in [0.3, 0.4) is 0 Å². The lowest BCUT2D eigenvalue weighted by Crippen LogP contribution is -2.20. The van der Waals surface area contributed by atoms with Gasteiger partial charge in [-0.15, -0.1) is 0 Å². The van der Waals surface area contributed by atoms with E-state index in [4.69, 9.17) is 9.47 Å². The molecule has 0 bridgehead atoms. The zero-order valence-corrected chi connectivity index (χ0v) is 21.8. The van der Waals surface area contributed by atoms with Crippen LogP contribution >= 0.6 is 23.9 Å². The van der Waals surface area contributed by atoms with E-state index >= 15 is 0 Å². The summed E-state index contributed by atoms with van der Waals surface area (Å²) >= 11 is 3.34. The molecule has 0 saturated heterocycles. The lowest BCUT2D eigenvalue weighted by Gasteiger charge is -2.18. The fourth-order valence-corrected chi connectivity index (χ4v) is 6.03. The lowest BCUT2D eigenvalue weighted by atomic mass is 10.1. The van der Waals surface area contributed by atoms with Crippen LogP contribution in [0.25, 0.3) is 0 Å². The predicted molar refractivity (Wildman–Crippen MR) is 147 cm³/mol. The van der Waals surface area contributed by atoms with Crippen molar-refractivity contribution in [1.82, 2.24) is 0 Å². The highest BCUT2D eigenvalue weighted by atomic mass is 79.9. The summed E-state index contributed by atoms with van der Waals surface area (Å²) in [6.07, 6.45) is 0. The summed E-state index contributed by atoms with van der Waals surface area (Å²) in [5.74, 6) is 0.195. The van der Waals surface area contributed by atoms with Crippen LogP contribution in [0.1, 0.15) is 22.8 Å². The van der Waals surface area contributed by atoms with Crippen LogP contribution in [-0.2, 0) is 10.1 Å². The number of hydrogen-bond donors (Lipinski definition) is 0. The van der Waals surface area contributed by atoms with E-state index < -0.39 is 7.92 Å². The number of alkyl halides is 1. The minimum atomic E-state index is -0.446. The van der Waals surface area contributed by atoms with Crippen LogP contribution in [0.5, 0.6) is 5.75 Å². The van der Waals surface area contributed by atoms with E-state index in [0.29, 0.717) is 17.9 Å². The Morgan fingerprint density at radius 2 is 1.24 bits per heavy atom. The molecule has 0 heterocycles. The van der Waals surface area contributed by atoms with Crippen molar-refractivity contribution in [2.75, 3.05) is 13.7 Å². The van der Waals surface area contributed by atoms with Crippen molar-refractivity contribution in [3.63, 3.8) is 0 Å². The summed E-state index contributed by atoms with van der Waals surface area (Å²) < 4.78 is 10.0. The second-order valence-electron chi connectivity index (χ2n) is 7.23. The molecule has 0 radical (unpaired) electrons. The van der Waals surface area contributed by atoms with Gasteiger partial charge in [-0.1, -0.05) is 113 Å². The van der Waals surface area contributed by atoms with Crippen LogP contribution < -0.4 is 20.7 Å². The summed E-state index contributed by atoms with van der Waals surface area (Å²) in [6, 6.07) is 37.7. The Balaban J connectivity index is 0.000000197. The summed E-state index contributed by atoms with van der Waals surface area (Å²) in [5, 5.41) is 4.92. The zero-order valence-electron chi connectivity index (χ0n) is 19.4.